The van der Waals surface area contributed by atoms with Crippen molar-refractivity contribution in [1.29, 1.82) is 0 Å². The molecule has 1 amide bonds. The highest BCUT2D eigenvalue weighted by Gasteiger charge is 2.17. The van der Waals surface area contributed by atoms with Gasteiger partial charge in [-0.2, -0.15) is 0 Å². The van der Waals surface area contributed by atoms with Gasteiger partial charge in [-0.25, -0.2) is 4.98 Å². The van der Waals surface area contributed by atoms with E-state index in [1.54, 1.807) is 17.4 Å². The number of nitrogens with zero attached hydrogens (tertiary/aromatic N) is 1. The maximum absolute atomic E-state index is 12.2. The van der Waals surface area contributed by atoms with E-state index in [0.717, 1.165) is 21.3 Å². The summed E-state index contributed by atoms with van der Waals surface area (Å²) in [7, 11) is 0. The van der Waals surface area contributed by atoms with Crippen LogP contribution in [0.2, 0.25) is 5.02 Å². The van der Waals surface area contributed by atoms with Crippen molar-refractivity contribution >= 4 is 46.3 Å². The topological polar surface area (TPSA) is 42.0 Å². The van der Waals surface area contributed by atoms with Crippen molar-refractivity contribution in [2.45, 2.75) is 30.4 Å². The first-order valence-corrected chi connectivity index (χ1v) is 8.25. The van der Waals surface area contributed by atoms with Crippen LogP contribution in [-0.4, -0.2) is 16.1 Å². The number of carbonyl (C=O) groups excluding carboxylic acids is 1. The maximum Gasteiger partial charge on any atom is 0.237 e. The zero-order valence-corrected chi connectivity index (χ0v) is 13.8. The van der Waals surface area contributed by atoms with Crippen LogP contribution in [0.25, 0.3) is 0 Å². The lowest BCUT2D eigenvalue weighted by atomic mass is 10.2. The Hall–Kier alpha value is -1.04. The van der Waals surface area contributed by atoms with Crippen molar-refractivity contribution in [1.82, 2.24) is 4.98 Å². The molecule has 3 nitrogen and oxygen atoms in total. The van der Waals surface area contributed by atoms with Crippen molar-refractivity contribution in [2.75, 3.05) is 5.32 Å². The van der Waals surface area contributed by atoms with E-state index >= 15 is 0 Å². The first kappa shape index (κ1) is 15.4. The number of thioether (sulfide) groups is 1. The normalized spacial score (nSPS) is 12.2. The second-order valence-electron chi connectivity index (χ2n) is 4.46. The third-order valence-electron chi connectivity index (χ3n) is 2.70. The Morgan fingerprint density at radius 1 is 1.45 bits per heavy atom. The minimum atomic E-state index is -0.209. The molecular formula is C14H15ClN2OS2. The molecule has 0 saturated carbocycles. The van der Waals surface area contributed by atoms with E-state index in [1.165, 1.54) is 11.8 Å². The highest BCUT2D eigenvalue weighted by molar-refractivity contribution is 8.02. The van der Waals surface area contributed by atoms with Crippen molar-refractivity contribution < 1.29 is 4.79 Å². The van der Waals surface area contributed by atoms with Gasteiger partial charge in [0.05, 0.1) is 5.25 Å². The first-order chi connectivity index (χ1) is 9.45. The van der Waals surface area contributed by atoms with Crippen LogP contribution in [0.5, 0.6) is 0 Å². The molecule has 1 heterocycles. The molecule has 20 heavy (non-hydrogen) atoms. The minimum absolute atomic E-state index is 0.0479. The van der Waals surface area contributed by atoms with Gasteiger partial charge in [0.15, 0.2) is 4.34 Å². The molecule has 0 bridgehead atoms. The van der Waals surface area contributed by atoms with Gasteiger partial charge in [-0.05, 0) is 38.5 Å². The molecule has 0 saturated heterocycles. The van der Waals surface area contributed by atoms with E-state index in [9.17, 15) is 4.79 Å². The number of hydrogen-bond donors (Lipinski definition) is 1. The summed E-state index contributed by atoms with van der Waals surface area (Å²) < 4.78 is 0.910. The summed E-state index contributed by atoms with van der Waals surface area (Å²) in [6.45, 7) is 5.76. The summed E-state index contributed by atoms with van der Waals surface area (Å²) in [6, 6.07) is 5.46. The number of amides is 1. The van der Waals surface area contributed by atoms with E-state index < -0.39 is 0 Å². The molecule has 1 N–H and O–H groups in total. The summed E-state index contributed by atoms with van der Waals surface area (Å²) in [5, 5.41) is 5.29. The maximum atomic E-state index is 12.2. The number of nitrogens with one attached hydrogen (secondary N) is 1. The van der Waals surface area contributed by atoms with Crippen molar-refractivity contribution in [3.63, 3.8) is 0 Å². The Morgan fingerprint density at radius 3 is 2.85 bits per heavy atom. The molecule has 0 radical (unpaired) electrons. The molecule has 0 aliphatic rings. The van der Waals surface area contributed by atoms with Crippen molar-refractivity contribution in [2.24, 2.45) is 0 Å². The molecule has 0 fully saturated rings. The fraction of sp³-hybridized carbons (Fsp3) is 0.286. The number of rotatable bonds is 4. The average Bonchev–Trinajstić information content (AvgIpc) is 2.79. The molecule has 0 spiro atoms. The summed E-state index contributed by atoms with van der Waals surface area (Å²) in [6.07, 6.45) is 0. The van der Waals surface area contributed by atoms with Gasteiger partial charge in [0, 0.05) is 21.8 Å². The van der Waals surface area contributed by atoms with Gasteiger partial charge in [0.2, 0.25) is 5.91 Å². The van der Waals surface area contributed by atoms with E-state index in [1.807, 2.05) is 38.3 Å². The predicted molar refractivity (Wildman–Crippen MR) is 87.0 cm³/mol. The fourth-order valence-electron chi connectivity index (χ4n) is 1.55. The van der Waals surface area contributed by atoms with Crippen LogP contribution < -0.4 is 5.32 Å². The largest absolute Gasteiger partial charge is 0.325 e. The Labute approximate surface area is 131 Å². The van der Waals surface area contributed by atoms with Gasteiger partial charge < -0.3 is 5.32 Å². The van der Waals surface area contributed by atoms with Crippen LogP contribution in [0.1, 0.15) is 18.2 Å². The van der Waals surface area contributed by atoms with Gasteiger partial charge >= 0.3 is 0 Å². The zero-order chi connectivity index (χ0) is 14.7. The van der Waals surface area contributed by atoms with Gasteiger partial charge in [-0.3, -0.25) is 4.79 Å². The molecule has 2 rings (SSSR count). The summed E-state index contributed by atoms with van der Waals surface area (Å²) in [5.41, 5.74) is 2.73. The van der Waals surface area contributed by atoms with Crippen molar-refractivity contribution in [3.05, 3.63) is 39.9 Å². The van der Waals surface area contributed by atoms with Crippen LogP contribution in [0.4, 0.5) is 5.69 Å². The van der Waals surface area contributed by atoms with Crippen LogP contribution in [0.3, 0.4) is 0 Å². The molecule has 1 unspecified atom stereocenters. The van der Waals surface area contributed by atoms with E-state index in [2.05, 4.69) is 10.3 Å². The smallest absolute Gasteiger partial charge is 0.237 e. The summed E-state index contributed by atoms with van der Waals surface area (Å²) in [5.74, 6) is -0.0479. The Morgan fingerprint density at radius 2 is 2.20 bits per heavy atom. The number of hydrogen-bond acceptors (Lipinski definition) is 4. The molecule has 6 heteroatoms. The van der Waals surface area contributed by atoms with Gasteiger partial charge in [0.1, 0.15) is 0 Å². The number of aryl methyl sites for hydroxylation is 2. The lowest BCUT2D eigenvalue weighted by Crippen LogP contribution is -2.22. The molecule has 1 aromatic heterocycles. The van der Waals surface area contributed by atoms with E-state index in [-0.39, 0.29) is 11.2 Å². The lowest BCUT2D eigenvalue weighted by Gasteiger charge is -2.12. The minimum Gasteiger partial charge on any atom is -0.325 e. The number of halogens is 1. The molecule has 0 aliphatic carbocycles. The highest BCUT2D eigenvalue weighted by atomic mass is 35.5. The third-order valence-corrected chi connectivity index (χ3v) is 5.13. The number of carbonyl (C=O) groups is 1. The van der Waals surface area contributed by atoms with E-state index in [4.69, 9.17) is 11.6 Å². The van der Waals surface area contributed by atoms with Crippen molar-refractivity contribution in [3.8, 4) is 0 Å². The zero-order valence-electron chi connectivity index (χ0n) is 11.4. The SMILES string of the molecule is Cc1csc(SC(C)C(=O)Nc2cc(Cl)ccc2C)n1. The number of benzene rings is 1. The Bertz CT molecular complexity index is 627. The highest BCUT2D eigenvalue weighted by Crippen LogP contribution is 2.28. The molecule has 0 aliphatic heterocycles. The number of anilines is 1. The number of aromatic nitrogens is 1. The Kier molecular flexibility index (Phi) is 5.07. The molecule has 1 atom stereocenters. The lowest BCUT2D eigenvalue weighted by molar-refractivity contribution is -0.115. The van der Waals surface area contributed by atoms with Crippen LogP contribution in [-0.2, 0) is 4.79 Å². The average molecular weight is 327 g/mol. The van der Waals surface area contributed by atoms with Crippen LogP contribution in [0.15, 0.2) is 27.9 Å². The molecule has 106 valence electrons. The van der Waals surface area contributed by atoms with Crippen LogP contribution >= 0.6 is 34.7 Å². The summed E-state index contributed by atoms with van der Waals surface area (Å²) >= 11 is 8.97. The molecule has 2 aromatic rings. The van der Waals surface area contributed by atoms with Gasteiger partial charge in [0.25, 0.3) is 0 Å². The first-order valence-electron chi connectivity index (χ1n) is 6.11. The van der Waals surface area contributed by atoms with Gasteiger partial charge in [-0.15, -0.1) is 11.3 Å². The third kappa shape index (κ3) is 3.98. The van der Waals surface area contributed by atoms with E-state index in [0.29, 0.717) is 5.02 Å². The molecule has 1 aromatic carbocycles. The number of thiazole rings is 1. The predicted octanol–water partition coefficient (Wildman–Crippen LogP) is 4.53. The second-order valence-corrected chi connectivity index (χ2v) is 7.35. The fourth-order valence-corrected chi connectivity index (χ4v) is 3.71. The summed E-state index contributed by atoms with van der Waals surface area (Å²) in [4.78, 5) is 16.5. The quantitative estimate of drug-likeness (QED) is 0.839. The Balaban J connectivity index is 2.02. The van der Waals surface area contributed by atoms with Crippen LogP contribution in [0, 0.1) is 13.8 Å². The standard InChI is InChI=1S/C14H15ClN2OS2/c1-8-4-5-11(15)6-12(8)17-13(18)10(3)20-14-16-9(2)7-19-14/h4-7,10H,1-3H3,(H,17,18). The molecular weight excluding hydrogens is 312 g/mol. The second kappa shape index (κ2) is 6.61. The van der Waals surface area contributed by atoms with Gasteiger partial charge in [-0.1, -0.05) is 29.4 Å². The monoisotopic (exact) mass is 326 g/mol.